The van der Waals surface area contributed by atoms with Crippen LogP contribution in [0.5, 0.6) is 0 Å². The zero-order valence-electron chi connectivity index (χ0n) is 22.0. The standard InChI is InChI=1S/C28H38ClN3O4S/c1-21-11-9-15-25(19-21)32(37(3,35)36)18-10-17-27(33)31(20-23-12-7-8-16-26(23)29)22(2)28(34)30-24-13-5-4-6-14-24/h7-9,11-12,15-16,19,22,24H,4-6,10,13-14,17-18,20H2,1-3H3,(H,30,34)/t22-/m0/s1. The predicted molar refractivity (Wildman–Crippen MR) is 149 cm³/mol. The highest BCUT2D eigenvalue weighted by atomic mass is 35.5. The van der Waals surface area contributed by atoms with E-state index in [9.17, 15) is 18.0 Å². The lowest BCUT2D eigenvalue weighted by Crippen LogP contribution is -2.50. The van der Waals surface area contributed by atoms with Crippen molar-refractivity contribution in [2.75, 3.05) is 17.1 Å². The molecule has 9 heteroatoms. The number of hydrogen-bond donors (Lipinski definition) is 1. The van der Waals surface area contributed by atoms with Crippen LogP contribution in [0, 0.1) is 6.92 Å². The number of sulfonamides is 1. The maximum Gasteiger partial charge on any atom is 0.242 e. The molecule has 0 bridgehead atoms. The lowest BCUT2D eigenvalue weighted by Gasteiger charge is -2.31. The lowest BCUT2D eigenvalue weighted by molar-refractivity contribution is -0.141. The Bertz CT molecular complexity index is 1180. The smallest absolute Gasteiger partial charge is 0.242 e. The number of carbonyl (C=O) groups is 2. The van der Waals surface area contributed by atoms with Crippen LogP contribution >= 0.6 is 11.6 Å². The lowest BCUT2D eigenvalue weighted by atomic mass is 9.95. The Morgan fingerprint density at radius 1 is 1.08 bits per heavy atom. The third-order valence-electron chi connectivity index (χ3n) is 6.86. The number of aryl methyl sites for hydroxylation is 1. The number of halogens is 1. The number of benzene rings is 2. The maximum atomic E-state index is 13.5. The van der Waals surface area contributed by atoms with E-state index in [1.807, 2.05) is 43.3 Å². The quantitative estimate of drug-likeness (QED) is 0.426. The minimum Gasteiger partial charge on any atom is -0.352 e. The predicted octanol–water partition coefficient (Wildman–Crippen LogP) is 5.06. The Morgan fingerprint density at radius 3 is 2.43 bits per heavy atom. The molecule has 1 aliphatic rings. The van der Waals surface area contributed by atoms with Gasteiger partial charge in [0.25, 0.3) is 0 Å². The van der Waals surface area contributed by atoms with E-state index >= 15 is 0 Å². The Labute approximate surface area is 226 Å². The van der Waals surface area contributed by atoms with Gasteiger partial charge in [0.1, 0.15) is 6.04 Å². The number of hydrogen-bond acceptors (Lipinski definition) is 4. The number of carbonyl (C=O) groups excluding carboxylic acids is 2. The molecule has 0 unspecified atom stereocenters. The first kappa shape index (κ1) is 29.0. The van der Waals surface area contributed by atoms with Crippen molar-refractivity contribution in [3.63, 3.8) is 0 Å². The number of nitrogens with zero attached hydrogens (tertiary/aromatic N) is 2. The summed E-state index contributed by atoms with van der Waals surface area (Å²) in [7, 11) is -3.53. The van der Waals surface area contributed by atoms with E-state index in [1.54, 1.807) is 24.0 Å². The summed E-state index contributed by atoms with van der Waals surface area (Å²) in [5.41, 5.74) is 2.28. The molecule has 2 aromatic rings. The molecular weight excluding hydrogens is 510 g/mol. The minimum atomic E-state index is -3.53. The Balaban J connectivity index is 1.72. The van der Waals surface area contributed by atoms with Crippen molar-refractivity contribution in [2.24, 2.45) is 0 Å². The first-order chi connectivity index (χ1) is 17.6. The van der Waals surface area contributed by atoms with Crippen molar-refractivity contribution in [1.82, 2.24) is 10.2 Å². The first-order valence-electron chi connectivity index (χ1n) is 12.9. The highest BCUT2D eigenvalue weighted by molar-refractivity contribution is 7.92. The largest absolute Gasteiger partial charge is 0.352 e. The van der Waals surface area contributed by atoms with E-state index in [1.165, 1.54) is 17.0 Å². The Morgan fingerprint density at radius 2 is 1.78 bits per heavy atom. The number of anilines is 1. The van der Waals surface area contributed by atoms with Crippen molar-refractivity contribution in [3.05, 3.63) is 64.7 Å². The van der Waals surface area contributed by atoms with E-state index < -0.39 is 16.1 Å². The summed E-state index contributed by atoms with van der Waals surface area (Å²) in [5.74, 6) is -0.395. The third-order valence-corrected chi connectivity index (χ3v) is 8.42. The van der Waals surface area contributed by atoms with Gasteiger partial charge < -0.3 is 10.2 Å². The molecule has 1 aliphatic carbocycles. The summed E-state index contributed by atoms with van der Waals surface area (Å²) in [4.78, 5) is 28.1. The molecule has 1 fully saturated rings. The molecular formula is C28H38ClN3O4S. The molecule has 0 aromatic heterocycles. The second kappa shape index (κ2) is 13.3. The minimum absolute atomic E-state index is 0.101. The topological polar surface area (TPSA) is 86.8 Å². The molecule has 0 radical (unpaired) electrons. The molecule has 0 saturated heterocycles. The highest BCUT2D eigenvalue weighted by Gasteiger charge is 2.29. The Hall–Kier alpha value is -2.58. The summed E-state index contributed by atoms with van der Waals surface area (Å²) < 4.78 is 26.3. The van der Waals surface area contributed by atoms with Crippen LogP contribution < -0.4 is 9.62 Å². The zero-order valence-corrected chi connectivity index (χ0v) is 23.5. The molecule has 0 aliphatic heterocycles. The molecule has 37 heavy (non-hydrogen) atoms. The van der Waals surface area contributed by atoms with Gasteiger partial charge >= 0.3 is 0 Å². The van der Waals surface area contributed by atoms with Gasteiger partial charge in [-0.1, -0.05) is 61.2 Å². The maximum absolute atomic E-state index is 13.5. The number of nitrogens with one attached hydrogen (secondary N) is 1. The molecule has 2 amide bonds. The van der Waals surface area contributed by atoms with Crippen molar-refractivity contribution in [1.29, 1.82) is 0 Å². The van der Waals surface area contributed by atoms with Gasteiger partial charge in [-0.2, -0.15) is 0 Å². The van der Waals surface area contributed by atoms with Crippen LogP contribution in [0.25, 0.3) is 0 Å². The van der Waals surface area contributed by atoms with E-state index in [0.29, 0.717) is 17.1 Å². The summed E-state index contributed by atoms with van der Waals surface area (Å²) in [6.45, 7) is 4.00. The second-order valence-corrected chi connectivity index (χ2v) is 12.2. The van der Waals surface area contributed by atoms with Crippen molar-refractivity contribution in [2.45, 2.75) is 77.4 Å². The molecule has 2 aromatic carbocycles. The molecule has 7 nitrogen and oxygen atoms in total. The van der Waals surface area contributed by atoms with Crippen LogP contribution in [-0.4, -0.2) is 50.0 Å². The van der Waals surface area contributed by atoms with Crippen molar-refractivity contribution >= 4 is 39.1 Å². The van der Waals surface area contributed by atoms with Gasteiger partial charge in [0, 0.05) is 30.6 Å². The fraction of sp³-hybridized carbons (Fsp3) is 0.500. The summed E-state index contributed by atoms with van der Waals surface area (Å²) in [5, 5.41) is 3.65. The van der Waals surface area contributed by atoms with E-state index in [-0.39, 0.29) is 37.4 Å². The molecule has 0 spiro atoms. The van der Waals surface area contributed by atoms with E-state index in [2.05, 4.69) is 5.32 Å². The van der Waals surface area contributed by atoms with E-state index in [4.69, 9.17) is 11.6 Å². The van der Waals surface area contributed by atoms with Crippen LogP contribution in [0.3, 0.4) is 0 Å². The first-order valence-corrected chi connectivity index (χ1v) is 15.2. The molecule has 1 atom stereocenters. The fourth-order valence-corrected chi connectivity index (χ4v) is 5.90. The third kappa shape index (κ3) is 8.47. The highest BCUT2D eigenvalue weighted by Crippen LogP contribution is 2.23. The average molecular weight is 548 g/mol. The van der Waals surface area contributed by atoms with Gasteiger partial charge in [-0.3, -0.25) is 13.9 Å². The molecule has 1 N–H and O–H groups in total. The van der Waals surface area contributed by atoms with E-state index in [0.717, 1.165) is 36.8 Å². The SMILES string of the molecule is Cc1cccc(N(CCCC(=O)N(Cc2ccccc2Cl)[C@@H](C)C(=O)NC2CCCCC2)S(C)(=O)=O)c1. The van der Waals surface area contributed by atoms with Gasteiger partial charge in [-0.05, 0) is 62.4 Å². The van der Waals surface area contributed by atoms with Crippen LogP contribution in [0.4, 0.5) is 5.69 Å². The number of amides is 2. The van der Waals surface area contributed by atoms with Gasteiger partial charge in [0.2, 0.25) is 21.8 Å². The summed E-state index contributed by atoms with van der Waals surface area (Å²) >= 11 is 6.38. The van der Waals surface area contributed by atoms with Gasteiger partial charge in [-0.25, -0.2) is 8.42 Å². The molecule has 3 rings (SSSR count). The fourth-order valence-electron chi connectivity index (χ4n) is 4.75. The monoisotopic (exact) mass is 547 g/mol. The van der Waals surface area contributed by atoms with Gasteiger partial charge in [0.05, 0.1) is 11.9 Å². The summed E-state index contributed by atoms with van der Waals surface area (Å²) in [6, 6.07) is 14.0. The molecule has 202 valence electrons. The normalized spacial score (nSPS) is 15.1. The Kier molecular flexibility index (Phi) is 10.4. The average Bonchev–Trinajstić information content (AvgIpc) is 2.85. The zero-order chi connectivity index (χ0) is 27.0. The van der Waals surface area contributed by atoms with Crippen molar-refractivity contribution in [3.8, 4) is 0 Å². The molecule has 0 heterocycles. The van der Waals surface area contributed by atoms with Crippen molar-refractivity contribution < 1.29 is 18.0 Å². The number of rotatable bonds is 11. The summed E-state index contributed by atoms with van der Waals surface area (Å²) in [6.07, 6.45) is 6.87. The van der Waals surface area contributed by atoms with Gasteiger partial charge in [-0.15, -0.1) is 0 Å². The van der Waals surface area contributed by atoms with Gasteiger partial charge in [0.15, 0.2) is 0 Å². The molecule has 1 saturated carbocycles. The second-order valence-electron chi connectivity index (χ2n) is 9.91. The van der Waals surface area contributed by atoms with Crippen LogP contribution in [0.2, 0.25) is 5.02 Å². The van der Waals surface area contributed by atoms with Crippen LogP contribution in [-0.2, 0) is 26.2 Å². The van der Waals surface area contributed by atoms with Crippen LogP contribution in [0.1, 0.15) is 63.0 Å². The van der Waals surface area contributed by atoms with Crippen LogP contribution in [0.15, 0.2) is 48.5 Å².